The highest BCUT2D eigenvalue weighted by Crippen LogP contribution is 2.23. The van der Waals surface area contributed by atoms with Crippen molar-refractivity contribution in [3.8, 4) is 0 Å². The number of hydrogen-bond donors (Lipinski definition) is 2. The molecule has 1 amide bonds. The summed E-state index contributed by atoms with van der Waals surface area (Å²) >= 11 is 0. The fourth-order valence-electron chi connectivity index (χ4n) is 3.97. The second-order valence-electron chi connectivity index (χ2n) is 7.44. The van der Waals surface area contributed by atoms with Crippen molar-refractivity contribution < 1.29 is 4.79 Å². The van der Waals surface area contributed by atoms with Gasteiger partial charge in [-0.3, -0.25) is 9.69 Å². The number of benzene rings is 2. The maximum atomic E-state index is 12.9. The van der Waals surface area contributed by atoms with Crippen LogP contribution in [-0.4, -0.2) is 54.5 Å². The van der Waals surface area contributed by atoms with Crippen LogP contribution in [0.5, 0.6) is 0 Å². The highest BCUT2D eigenvalue weighted by molar-refractivity contribution is 5.82. The number of hydrogen-bond acceptors (Lipinski definition) is 4. The lowest BCUT2D eigenvalue weighted by molar-refractivity contribution is -0.134. The molecule has 2 unspecified atom stereocenters. The van der Waals surface area contributed by atoms with Crippen molar-refractivity contribution in [1.82, 2.24) is 20.7 Å². The molecule has 0 radical (unpaired) electrons. The van der Waals surface area contributed by atoms with E-state index in [2.05, 4.69) is 58.2 Å². The lowest BCUT2D eigenvalue weighted by Crippen LogP contribution is -2.53. The van der Waals surface area contributed by atoms with E-state index in [4.69, 9.17) is 0 Å². The molecule has 0 spiro atoms. The Morgan fingerprint density at radius 3 is 2.26 bits per heavy atom. The van der Waals surface area contributed by atoms with Gasteiger partial charge in [-0.1, -0.05) is 60.7 Å². The summed E-state index contributed by atoms with van der Waals surface area (Å²) < 4.78 is 0. The lowest BCUT2D eigenvalue weighted by Gasteiger charge is -2.35. The molecule has 2 N–H and O–H groups in total. The van der Waals surface area contributed by atoms with E-state index in [9.17, 15) is 4.79 Å². The molecule has 5 heteroatoms. The van der Waals surface area contributed by atoms with Gasteiger partial charge >= 0.3 is 0 Å². The SMILES string of the molecule is O=C(C1CC(c2ccccc2)NN1)N1CCN(CCc2ccccc2)CC1. The van der Waals surface area contributed by atoms with E-state index >= 15 is 0 Å². The van der Waals surface area contributed by atoms with Crippen LogP contribution in [0.1, 0.15) is 23.6 Å². The van der Waals surface area contributed by atoms with Crippen molar-refractivity contribution in [1.29, 1.82) is 0 Å². The molecule has 2 aliphatic rings. The first kappa shape index (κ1) is 18.2. The Labute approximate surface area is 161 Å². The zero-order valence-corrected chi connectivity index (χ0v) is 15.7. The topological polar surface area (TPSA) is 47.6 Å². The molecule has 0 saturated carbocycles. The van der Waals surface area contributed by atoms with Gasteiger partial charge in [-0.25, -0.2) is 10.9 Å². The Balaban J connectivity index is 1.23. The van der Waals surface area contributed by atoms with Crippen molar-refractivity contribution >= 4 is 5.91 Å². The van der Waals surface area contributed by atoms with E-state index in [1.165, 1.54) is 11.1 Å². The van der Waals surface area contributed by atoms with Crippen LogP contribution in [0.25, 0.3) is 0 Å². The highest BCUT2D eigenvalue weighted by Gasteiger charge is 2.33. The highest BCUT2D eigenvalue weighted by atomic mass is 16.2. The Kier molecular flexibility index (Phi) is 5.82. The molecule has 4 rings (SSSR count). The van der Waals surface area contributed by atoms with Crippen LogP contribution < -0.4 is 10.9 Å². The predicted molar refractivity (Wildman–Crippen MR) is 107 cm³/mol. The monoisotopic (exact) mass is 364 g/mol. The summed E-state index contributed by atoms with van der Waals surface area (Å²) in [5.74, 6) is 0.226. The Morgan fingerprint density at radius 2 is 1.56 bits per heavy atom. The maximum Gasteiger partial charge on any atom is 0.241 e. The molecule has 142 valence electrons. The van der Waals surface area contributed by atoms with Crippen LogP contribution in [0.2, 0.25) is 0 Å². The summed E-state index contributed by atoms with van der Waals surface area (Å²) in [5.41, 5.74) is 9.09. The fraction of sp³-hybridized carbons (Fsp3) is 0.409. The number of hydrazine groups is 1. The van der Waals surface area contributed by atoms with Gasteiger partial charge in [0, 0.05) is 38.8 Å². The second-order valence-corrected chi connectivity index (χ2v) is 7.44. The van der Waals surface area contributed by atoms with Crippen molar-refractivity contribution in [3.05, 3.63) is 71.8 Å². The minimum absolute atomic E-state index is 0.133. The molecule has 2 fully saturated rings. The van der Waals surface area contributed by atoms with E-state index in [0.717, 1.165) is 45.6 Å². The van der Waals surface area contributed by atoms with Crippen molar-refractivity contribution in [3.63, 3.8) is 0 Å². The molecule has 2 aromatic rings. The molecule has 0 aliphatic carbocycles. The molecule has 2 atom stereocenters. The molecule has 27 heavy (non-hydrogen) atoms. The van der Waals surface area contributed by atoms with Crippen LogP contribution in [0.15, 0.2) is 60.7 Å². The van der Waals surface area contributed by atoms with E-state index in [0.29, 0.717) is 0 Å². The number of carbonyl (C=O) groups is 1. The van der Waals surface area contributed by atoms with Gasteiger partial charge in [0.25, 0.3) is 0 Å². The molecular formula is C22H28N4O. The minimum Gasteiger partial charge on any atom is -0.339 e. The summed E-state index contributed by atoms with van der Waals surface area (Å²) in [7, 11) is 0. The third-order valence-corrected chi connectivity index (χ3v) is 5.65. The van der Waals surface area contributed by atoms with E-state index in [1.54, 1.807) is 0 Å². The first-order chi connectivity index (χ1) is 13.3. The second kappa shape index (κ2) is 8.65. The van der Waals surface area contributed by atoms with Crippen LogP contribution in [0, 0.1) is 0 Å². The molecule has 2 saturated heterocycles. The Hall–Kier alpha value is -2.21. The fourth-order valence-corrected chi connectivity index (χ4v) is 3.97. The van der Waals surface area contributed by atoms with Gasteiger partial charge in [0.1, 0.15) is 6.04 Å². The molecule has 5 nitrogen and oxygen atoms in total. The van der Waals surface area contributed by atoms with Crippen LogP contribution in [0.3, 0.4) is 0 Å². The number of carbonyl (C=O) groups excluding carboxylic acids is 1. The summed E-state index contributed by atoms with van der Waals surface area (Å²) in [5, 5.41) is 0. The zero-order chi connectivity index (χ0) is 18.5. The maximum absolute atomic E-state index is 12.9. The van der Waals surface area contributed by atoms with Gasteiger partial charge < -0.3 is 4.90 Å². The predicted octanol–water partition coefficient (Wildman–Crippen LogP) is 1.98. The molecule has 2 heterocycles. The van der Waals surface area contributed by atoms with E-state index < -0.39 is 0 Å². The van der Waals surface area contributed by atoms with Crippen LogP contribution >= 0.6 is 0 Å². The number of amides is 1. The standard InChI is InChI=1S/C22H28N4O/c27-22(21-17-20(23-24-21)19-9-5-2-6-10-19)26-15-13-25(14-16-26)12-11-18-7-3-1-4-8-18/h1-10,20-21,23-24H,11-17H2. The first-order valence-corrected chi connectivity index (χ1v) is 9.90. The third-order valence-electron chi connectivity index (χ3n) is 5.65. The van der Waals surface area contributed by atoms with Gasteiger partial charge in [0.2, 0.25) is 5.91 Å². The normalized spacial score (nSPS) is 23.5. The minimum atomic E-state index is -0.133. The number of piperazine rings is 1. The molecular weight excluding hydrogens is 336 g/mol. The summed E-state index contributed by atoms with van der Waals surface area (Å²) in [4.78, 5) is 17.3. The number of nitrogens with one attached hydrogen (secondary N) is 2. The molecule has 2 aromatic carbocycles. The van der Waals surface area contributed by atoms with E-state index in [-0.39, 0.29) is 18.0 Å². The molecule has 0 aromatic heterocycles. The third kappa shape index (κ3) is 4.56. The average Bonchev–Trinajstić information content (AvgIpc) is 3.24. The molecule has 2 aliphatic heterocycles. The van der Waals surface area contributed by atoms with Gasteiger partial charge in [-0.15, -0.1) is 0 Å². The van der Waals surface area contributed by atoms with Crippen molar-refractivity contribution in [2.75, 3.05) is 32.7 Å². The number of rotatable bonds is 5. The quantitative estimate of drug-likeness (QED) is 0.852. The Bertz CT molecular complexity index is 728. The lowest BCUT2D eigenvalue weighted by atomic mass is 10.0. The van der Waals surface area contributed by atoms with Gasteiger partial charge in [0.05, 0.1) is 0 Å². The Morgan fingerprint density at radius 1 is 0.889 bits per heavy atom. The summed E-state index contributed by atoms with van der Waals surface area (Å²) in [6.45, 7) is 4.62. The van der Waals surface area contributed by atoms with Gasteiger partial charge in [0.15, 0.2) is 0 Å². The average molecular weight is 364 g/mol. The van der Waals surface area contributed by atoms with Crippen LogP contribution in [-0.2, 0) is 11.2 Å². The summed E-state index contributed by atoms with van der Waals surface area (Å²) in [6, 6.07) is 21.0. The van der Waals surface area contributed by atoms with Gasteiger partial charge in [-0.2, -0.15) is 0 Å². The first-order valence-electron chi connectivity index (χ1n) is 9.90. The largest absolute Gasteiger partial charge is 0.339 e. The van der Waals surface area contributed by atoms with Gasteiger partial charge in [-0.05, 0) is 24.0 Å². The van der Waals surface area contributed by atoms with E-state index in [1.807, 2.05) is 23.1 Å². The zero-order valence-electron chi connectivity index (χ0n) is 15.7. The smallest absolute Gasteiger partial charge is 0.241 e. The number of nitrogens with zero attached hydrogens (tertiary/aromatic N) is 2. The summed E-state index contributed by atoms with van der Waals surface area (Å²) in [6.07, 6.45) is 1.87. The molecule has 0 bridgehead atoms. The van der Waals surface area contributed by atoms with Crippen LogP contribution in [0.4, 0.5) is 0 Å². The van der Waals surface area contributed by atoms with Crippen molar-refractivity contribution in [2.45, 2.75) is 24.9 Å². The van der Waals surface area contributed by atoms with Crippen molar-refractivity contribution in [2.24, 2.45) is 0 Å².